The fourth-order valence-electron chi connectivity index (χ4n) is 3.29. The van der Waals surface area contributed by atoms with Crippen molar-refractivity contribution in [1.82, 2.24) is 0 Å². The van der Waals surface area contributed by atoms with Crippen molar-refractivity contribution >= 4 is 23.2 Å². The zero-order valence-corrected chi connectivity index (χ0v) is 13.9. The molecule has 2 rings (SSSR count). The number of alkyl halides is 1. The van der Waals surface area contributed by atoms with Crippen LogP contribution in [0.5, 0.6) is 0 Å². The minimum absolute atomic E-state index is 0.0297. The van der Waals surface area contributed by atoms with Crippen LogP contribution in [0.15, 0.2) is 12.1 Å². The predicted octanol–water partition coefficient (Wildman–Crippen LogP) is 6.45. The summed E-state index contributed by atoms with van der Waals surface area (Å²) in [6.45, 7) is 8.92. The fourth-order valence-corrected chi connectivity index (χ4v) is 4.33. The van der Waals surface area contributed by atoms with Crippen molar-refractivity contribution in [2.45, 2.75) is 58.8 Å². The van der Waals surface area contributed by atoms with Gasteiger partial charge in [0.2, 0.25) is 0 Å². The maximum Gasteiger partial charge on any atom is 0.0633 e. The molecule has 19 heavy (non-hydrogen) atoms. The first-order valence-corrected chi connectivity index (χ1v) is 8.05. The third-order valence-electron chi connectivity index (χ3n) is 4.85. The lowest BCUT2D eigenvalue weighted by Crippen LogP contribution is -2.31. The largest absolute Gasteiger partial charge is 0.117 e. The van der Waals surface area contributed by atoms with Gasteiger partial charge in [-0.3, -0.25) is 0 Å². The van der Waals surface area contributed by atoms with Crippen LogP contribution in [-0.4, -0.2) is 0 Å². The van der Waals surface area contributed by atoms with E-state index in [1.54, 1.807) is 0 Å². The van der Waals surface area contributed by atoms with Gasteiger partial charge in [-0.25, -0.2) is 0 Å². The molecular formula is C17H24Cl2. The summed E-state index contributed by atoms with van der Waals surface area (Å²) < 4.78 is 0. The Morgan fingerprint density at radius 3 is 2.42 bits per heavy atom. The van der Waals surface area contributed by atoms with Crippen molar-refractivity contribution in [2.75, 3.05) is 0 Å². The Morgan fingerprint density at radius 1 is 1.16 bits per heavy atom. The molecule has 0 saturated heterocycles. The quantitative estimate of drug-likeness (QED) is 0.550. The zero-order chi connectivity index (χ0) is 14.2. The summed E-state index contributed by atoms with van der Waals surface area (Å²) >= 11 is 13.2. The van der Waals surface area contributed by atoms with E-state index in [2.05, 4.69) is 39.8 Å². The van der Waals surface area contributed by atoms with E-state index < -0.39 is 0 Å². The maximum absolute atomic E-state index is 6.81. The second-order valence-electron chi connectivity index (χ2n) is 6.70. The number of hydrogen-bond acceptors (Lipinski definition) is 0. The monoisotopic (exact) mass is 298 g/mol. The highest BCUT2D eigenvalue weighted by Crippen LogP contribution is 2.50. The zero-order valence-electron chi connectivity index (χ0n) is 12.4. The summed E-state index contributed by atoms with van der Waals surface area (Å²) in [5, 5.41) is 0.853. The first-order chi connectivity index (χ1) is 8.83. The summed E-state index contributed by atoms with van der Waals surface area (Å²) in [4.78, 5) is 0. The highest BCUT2D eigenvalue weighted by molar-refractivity contribution is 6.33. The predicted molar refractivity (Wildman–Crippen MR) is 85.3 cm³/mol. The van der Waals surface area contributed by atoms with Crippen LogP contribution in [0.4, 0.5) is 0 Å². The van der Waals surface area contributed by atoms with Crippen LogP contribution >= 0.6 is 23.2 Å². The fraction of sp³-hybridized carbons (Fsp3) is 0.647. The van der Waals surface area contributed by atoms with Gasteiger partial charge >= 0.3 is 0 Å². The van der Waals surface area contributed by atoms with Crippen molar-refractivity contribution < 1.29 is 0 Å². The molecule has 0 N–H and O–H groups in total. The van der Waals surface area contributed by atoms with Gasteiger partial charge in [0.15, 0.2) is 0 Å². The summed E-state index contributed by atoms with van der Waals surface area (Å²) in [7, 11) is 0. The van der Waals surface area contributed by atoms with Gasteiger partial charge in [0.1, 0.15) is 0 Å². The topological polar surface area (TPSA) is 0 Å². The number of halogens is 2. The van der Waals surface area contributed by atoms with Gasteiger partial charge in [-0.05, 0) is 60.8 Å². The highest BCUT2D eigenvalue weighted by atomic mass is 35.5. The van der Waals surface area contributed by atoms with Crippen molar-refractivity contribution in [3.8, 4) is 0 Å². The van der Waals surface area contributed by atoms with E-state index in [0.29, 0.717) is 11.3 Å². The van der Waals surface area contributed by atoms with Crippen molar-refractivity contribution in [3.05, 3.63) is 33.8 Å². The van der Waals surface area contributed by atoms with Crippen LogP contribution in [0.3, 0.4) is 0 Å². The Hall–Kier alpha value is -0.200. The van der Waals surface area contributed by atoms with Crippen LogP contribution in [0.1, 0.15) is 61.6 Å². The number of hydrogen-bond donors (Lipinski definition) is 0. The van der Waals surface area contributed by atoms with Crippen LogP contribution in [0.2, 0.25) is 5.02 Å². The van der Waals surface area contributed by atoms with Gasteiger partial charge in [0.25, 0.3) is 0 Å². The van der Waals surface area contributed by atoms with Crippen LogP contribution < -0.4 is 0 Å². The van der Waals surface area contributed by atoms with Gasteiger partial charge in [-0.15, -0.1) is 11.6 Å². The third-order valence-corrected chi connectivity index (χ3v) is 5.72. The minimum atomic E-state index is 0.0297. The number of rotatable bonds is 2. The summed E-state index contributed by atoms with van der Waals surface area (Å²) in [5.74, 6) is 0.516. The minimum Gasteiger partial charge on any atom is -0.117 e. The molecule has 106 valence electrons. The average Bonchev–Trinajstić information content (AvgIpc) is 2.32. The van der Waals surface area contributed by atoms with Gasteiger partial charge in [-0.2, -0.15) is 0 Å². The molecule has 0 aromatic heterocycles. The van der Waals surface area contributed by atoms with Crippen LogP contribution in [0, 0.1) is 25.2 Å². The Morgan fingerprint density at radius 2 is 1.79 bits per heavy atom. The van der Waals surface area contributed by atoms with Crippen LogP contribution in [-0.2, 0) is 0 Å². The molecular weight excluding hydrogens is 275 g/mol. The molecule has 2 heteroatoms. The van der Waals surface area contributed by atoms with E-state index in [4.69, 9.17) is 23.2 Å². The normalized spacial score (nSPS) is 24.2. The molecule has 0 bridgehead atoms. The number of aryl methyl sites for hydroxylation is 2. The lowest BCUT2D eigenvalue weighted by Gasteiger charge is -2.41. The average molecular weight is 299 g/mol. The lowest BCUT2D eigenvalue weighted by molar-refractivity contribution is 0.133. The van der Waals surface area contributed by atoms with Crippen molar-refractivity contribution in [2.24, 2.45) is 11.3 Å². The van der Waals surface area contributed by atoms with Crippen molar-refractivity contribution in [3.63, 3.8) is 0 Å². The molecule has 2 unspecified atom stereocenters. The van der Waals surface area contributed by atoms with E-state index in [1.165, 1.54) is 36.8 Å². The van der Waals surface area contributed by atoms with E-state index >= 15 is 0 Å². The Bertz CT molecular complexity index is 463. The van der Waals surface area contributed by atoms with E-state index in [-0.39, 0.29) is 5.38 Å². The van der Waals surface area contributed by atoms with E-state index in [0.717, 1.165) is 10.6 Å². The molecule has 1 aromatic carbocycles. The Balaban J connectivity index is 2.33. The van der Waals surface area contributed by atoms with Gasteiger partial charge in [-0.1, -0.05) is 44.4 Å². The second kappa shape index (κ2) is 5.66. The maximum atomic E-state index is 6.81. The molecule has 0 amide bonds. The first kappa shape index (κ1) is 15.2. The molecule has 1 aromatic rings. The molecule has 2 atom stereocenters. The molecule has 0 heterocycles. The summed E-state index contributed by atoms with van der Waals surface area (Å²) in [6.07, 6.45) is 5.10. The van der Waals surface area contributed by atoms with E-state index in [9.17, 15) is 0 Å². The molecule has 1 fully saturated rings. The first-order valence-electron chi connectivity index (χ1n) is 7.23. The highest BCUT2D eigenvalue weighted by Gasteiger charge is 2.38. The van der Waals surface area contributed by atoms with E-state index in [1.807, 2.05) is 0 Å². The van der Waals surface area contributed by atoms with Crippen molar-refractivity contribution in [1.29, 1.82) is 0 Å². The van der Waals surface area contributed by atoms with Gasteiger partial charge in [0, 0.05) is 5.02 Å². The molecule has 1 aliphatic carbocycles. The van der Waals surface area contributed by atoms with Gasteiger partial charge in [0.05, 0.1) is 5.38 Å². The molecule has 1 saturated carbocycles. The second-order valence-corrected chi connectivity index (χ2v) is 7.58. The Kier molecular flexibility index (Phi) is 4.52. The smallest absolute Gasteiger partial charge is 0.0633 e. The number of benzene rings is 1. The molecule has 0 aliphatic heterocycles. The SMILES string of the molecule is Cc1cc(Cl)c(C(Cl)C2CCCCC2(C)C)cc1C. The third kappa shape index (κ3) is 3.11. The summed E-state index contributed by atoms with van der Waals surface area (Å²) in [5.41, 5.74) is 3.94. The molecule has 0 nitrogen and oxygen atoms in total. The molecule has 0 radical (unpaired) electrons. The standard InChI is InChI=1S/C17H24Cl2/c1-11-9-13(15(18)10-12(11)2)16(19)14-7-5-6-8-17(14,3)4/h9-10,14,16H,5-8H2,1-4H3. The Labute approximate surface area is 127 Å². The molecule has 0 spiro atoms. The van der Waals surface area contributed by atoms with Gasteiger partial charge < -0.3 is 0 Å². The van der Waals surface area contributed by atoms with Crippen LogP contribution in [0.25, 0.3) is 0 Å². The molecule has 1 aliphatic rings. The lowest BCUT2D eigenvalue weighted by atomic mass is 9.66. The summed E-state index contributed by atoms with van der Waals surface area (Å²) in [6, 6.07) is 4.23.